The second-order valence-electron chi connectivity index (χ2n) is 8.19. The number of ether oxygens (including phenoxy) is 1. The summed E-state index contributed by atoms with van der Waals surface area (Å²) in [5, 5.41) is 6.07. The lowest BCUT2D eigenvalue weighted by Crippen LogP contribution is -2.72. The van der Waals surface area contributed by atoms with Gasteiger partial charge in [-0.3, -0.25) is 4.99 Å². The van der Waals surface area contributed by atoms with Crippen LogP contribution >= 0.6 is 24.0 Å². The van der Waals surface area contributed by atoms with E-state index in [1.165, 1.54) is 0 Å². The average molecular weight is 454 g/mol. The Balaban J connectivity index is 0.00000529. The van der Waals surface area contributed by atoms with Crippen LogP contribution in [0.3, 0.4) is 0 Å². The third kappa shape index (κ3) is 5.97. The van der Waals surface area contributed by atoms with Crippen molar-refractivity contribution in [3.63, 3.8) is 0 Å². The zero-order valence-electron chi connectivity index (χ0n) is 16.4. The molecule has 0 bridgehead atoms. The number of likely N-dealkylation sites (tertiary alicyclic amines) is 1. The summed E-state index contributed by atoms with van der Waals surface area (Å²) < 4.78 is 5.21. The zero-order valence-corrected chi connectivity index (χ0v) is 18.8. The third-order valence-corrected chi connectivity index (χ3v) is 4.52. The van der Waals surface area contributed by atoms with Gasteiger partial charge >= 0.3 is 6.09 Å². The fourth-order valence-corrected chi connectivity index (χ4v) is 2.43. The smallest absolute Gasteiger partial charge is 0.407 e. The summed E-state index contributed by atoms with van der Waals surface area (Å²) in [5.41, 5.74) is -0.153. The van der Waals surface area contributed by atoms with Crippen LogP contribution in [0.2, 0.25) is 0 Å². The summed E-state index contributed by atoms with van der Waals surface area (Å²) in [7, 11) is 0. The van der Waals surface area contributed by atoms with Gasteiger partial charge in [0.05, 0.1) is 6.54 Å². The Labute approximate surface area is 164 Å². The largest absolute Gasteiger partial charge is 0.444 e. The predicted molar refractivity (Wildman–Crippen MR) is 110 cm³/mol. The van der Waals surface area contributed by atoms with E-state index >= 15 is 0 Å². The van der Waals surface area contributed by atoms with E-state index in [0.717, 1.165) is 19.0 Å². The van der Waals surface area contributed by atoms with Gasteiger partial charge in [-0.1, -0.05) is 13.8 Å². The molecule has 1 aliphatic heterocycles. The Morgan fingerprint density at radius 1 is 1.21 bits per heavy atom. The van der Waals surface area contributed by atoms with Crippen molar-refractivity contribution in [1.82, 2.24) is 15.5 Å². The molecule has 0 aromatic rings. The first-order valence-corrected chi connectivity index (χ1v) is 8.43. The van der Waals surface area contributed by atoms with E-state index in [2.05, 4.69) is 55.1 Å². The highest BCUT2D eigenvalue weighted by Gasteiger charge is 2.53. The number of amides is 1. The molecule has 0 atom stereocenters. The number of hydrogen-bond donors (Lipinski definition) is 2. The van der Waals surface area contributed by atoms with Crippen molar-refractivity contribution in [3.8, 4) is 0 Å². The van der Waals surface area contributed by atoms with Gasteiger partial charge in [0.15, 0.2) is 5.96 Å². The molecule has 0 saturated carbocycles. The summed E-state index contributed by atoms with van der Waals surface area (Å²) in [5.74, 6) is 0.905. The lowest BCUT2D eigenvalue weighted by atomic mass is 9.65. The van der Waals surface area contributed by atoms with Crippen molar-refractivity contribution < 1.29 is 9.53 Å². The summed E-state index contributed by atoms with van der Waals surface area (Å²) in [6, 6.07) is 0. The Kier molecular flexibility index (Phi) is 8.32. The number of alkyl carbamates (subject to hydrolysis) is 1. The Bertz CT molecular complexity index is 456. The minimum absolute atomic E-state index is 0. The Morgan fingerprint density at radius 2 is 1.79 bits per heavy atom. The summed E-state index contributed by atoms with van der Waals surface area (Å²) in [4.78, 5) is 18.5. The first kappa shape index (κ1) is 23.3. The van der Waals surface area contributed by atoms with Gasteiger partial charge in [0, 0.05) is 30.6 Å². The van der Waals surface area contributed by atoms with E-state index in [0.29, 0.717) is 13.1 Å². The molecule has 24 heavy (non-hydrogen) atoms. The number of guanidine groups is 1. The van der Waals surface area contributed by atoms with Crippen molar-refractivity contribution in [2.24, 2.45) is 10.4 Å². The lowest BCUT2D eigenvalue weighted by Gasteiger charge is -2.62. The second-order valence-corrected chi connectivity index (χ2v) is 8.19. The molecule has 0 aromatic carbocycles. The molecular weight excluding hydrogens is 419 g/mol. The fraction of sp³-hybridized carbons (Fsp3) is 0.882. The maximum atomic E-state index is 11.6. The van der Waals surface area contributed by atoms with E-state index in [4.69, 9.17) is 4.74 Å². The predicted octanol–water partition coefficient (Wildman–Crippen LogP) is 3.22. The van der Waals surface area contributed by atoms with Gasteiger partial charge in [0.1, 0.15) is 5.60 Å². The molecule has 0 aliphatic carbocycles. The molecule has 142 valence electrons. The number of carbonyl (C=O) groups excluding carboxylic acids is 1. The van der Waals surface area contributed by atoms with Crippen molar-refractivity contribution in [1.29, 1.82) is 0 Å². The van der Waals surface area contributed by atoms with Crippen LogP contribution in [-0.4, -0.2) is 54.3 Å². The second kappa shape index (κ2) is 8.58. The van der Waals surface area contributed by atoms with Crippen molar-refractivity contribution in [2.75, 3.05) is 26.2 Å². The maximum Gasteiger partial charge on any atom is 0.407 e. The van der Waals surface area contributed by atoms with E-state index in [1.807, 2.05) is 20.8 Å². The standard InChI is InChI=1S/C17H34N4O2.HI/c1-9-18-13(21-12-16(5,6)17(21,7)8)19-10-11-20-14(22)23-15(2,3)4;/h9-12H2,1-8H3,(H,18,19)(H,20,22);1H. The maximum absolute atomic E-state index is 11.6. The molecule has 0 radical (unpaired) electrons. The fourth-order valence-electron chi connectivity index (χ4n) is 2.43. The van der Waals surface area contributed by atoms with Crippen LogP contribution in [0, 0.1) is 5.41 Å². The van der Waals surface area contributed by atoms with Gasteiger partial charge in [-0.25, -0.2) is 4.79 Å². The highest BCUT2D eigenvalue weighted by atomic mass is 127. The first-order chi connectivity index (χ1) is 10.4. The van der Waals surface area contributed by atoms with Gasteiger partial charge in [0.2, 0.25) is 0 Å². The summed E-state index contributed by atoms with van der Waals surface area (Å²) in [6.45, 7) is 19.4. The number of hydrogen-bond acceptors (Lipinski definition) is 3. The van der Waals surface area contributed by atoms with Crippen LogP contribution in [0.1, 0.15) is 55.4 Å². The Morgan fingerprint density at radius 3 is 2.21 bits per heavy atom. The van der Waals surface area contributed by atoms with Crippen LogP contribution in [0.4, 0.5) is 4.79 Å². The molecule has 0 spiro atoms. The van der Waals surface area contributed by atoms with Crippen LogP contribution in [-0.2, 0) is 4.74 Å². The van der Waals surface area contributed by atoms with Crippen molar-refractivity contribution in [2.45, 2.75) is 66.5 Å². The van der Waals surface area contributed by atoms with E-state index in [9.17, 15) is 4.79 Å². The highest BCUT2D eigenvalue weighted by molar-refractivity contribution is 14.0. The number of nitrogens with zero attached hydrogens (tertiary/aromatic N) is 2. The number of halogens is 1. The molecule has 1 heterocycles. The quantitative estimate of drug-likeness (QED) is 0.296. The van der Waals surface area contributed by atoms with Crippen molar-refractivity contribution in [3.05, 3.63) is 0 Å². The number of nitrogens with one attached hydrogen (secondary N) is 2. The SMILES string of the molecule is CCNC(=NCCNC(=O)OC(C)(C)C)N1CC(C)(C)C1(C)C.I. The van der Waals surface area contributed by atoms with Crippen molar-refractivity contribution >= 4 is 36.0 Å². The molecule has 0 unspecified atom stereocenters. The molecule has 0 aromatic heterocycles. The van der Waals surface area contributed by atoms with Gasteiger partial charge in [0.25, 0.3) is 0 Å². The molecule has 6 nitrogen and oxygen atoms in total. The molecule has 1 amide bonds. The topological polar surface area (TPSA) is 66.0 Å². The van der Waals surface area contributed by atoms with Crippen LogP contribution in [0.25, 0.3) is 0 Å². The van der Waals surface area contributed by atoms with E-state index < -0.39 is 11.7 Å². The average Bonchev–Trinajstić information content (AvgIpc) is 2.38. The number of rotatable bonds is 4. The summed E-state index contributed by atoms with van der Waals surface area (Å²) in [6.07, 6.45) is -0.400. The zero-order chi connectivity index (χ0) is 17.9. The minimum Gasteiger partial charge on any atom is -0.444 e. The molecule has 1 aliphatic rings. The van der Waals surface area contributed by atoms with Crippen LogP contribution in [0.5, 0.6) is 0 Å². The highest BCUT2D eigenvalue weighted by Crippen LogP contribution is 2.46. The number of aliphatic imine (C=N–C) groups is 1. The van der Waals surface area contributed by atoms with Crippen LogP contribution in [0.15, 0.2) is 4.99 Å². The van der Waals surface area contributed by atoms with Gasteiger partial charge < -0.3 is 20.3 Å². The monoisotopic (exact) mass is 454 g/mol. The summed E-state index contributed by atoms with van der Waals surface area (Å²) >= 11 is 0. The number of carbonyl (C=O) groups is 1. The first-order valence-electron chi connectivity index (χ1n) is 8.43. The molecule has 1 fully saturated rings. The van der Waals surface area contributed by atoms with Gasteiger partial charge in [-0.2, -0.15) is 0 Å². The van der Waals surface area contributed by atoms with Gasteiger partial charge in [-0.05, 0) is 41.5 Å². The van der Waals surface area contributed by atoms with Gasteiger partial charge in [-0.15, -0.1) is 24.0 Å². The van der Waals surface area contributed by atoms with Crippen LogP contribution < -0.4 is 10.6 Å². The molecule has 7 heteroatoms. The molecule has 1 saturated heterocycles. The minimum atomic E-state index is -0.477. The molecular formula is C17H35IN4O2. The molecule has 2 N–H and O–H groups in total. The molecule has 1 rings (SSSR count). The normalized spacial score (nSPS) is 19.0. The lowest BCUT2D eigenvalue weighted by molar-refractivity contribution is -0.0667. The van der Waals surface area contributed by atoms with E-state index in [-0.39, 0.29) is 34.9 Å². The third-order valence-electron chi connectivity index (χ3n) is 4.52. The van der Waals surface area contributed by atoms with E-state index in [1.54, 1.807) is 0 Å². The Hall–Kier alpha value is -0.730.